The van der Waals surface area contributed by atoms with Crippen LogP contribution in [0, 0.1) is 5.92 Å². The fraction of sp³-hybridized carbons (Fsp3) is 0.533. The highest BCUT2D eigenvalue weighted by atomic mass is 16.7. The van der Waals surface area contributed by atoms with Crippen LogP contribution in [0.3, 0.4) is 0 Å². The fourth-order valence-corrected chi connectivity index (χ4v) is 2.82. The molecule has 5 nitrogen and oxygen atoms in total. The lowest BCUT2D eigenvalue weighted by molar-refractivity contribution is -0.125. The summed E-state index contributed by atoms with van der Waals surface area (Å²) in [5.74, 6) is 1.94. The third kappa shape index (κ3) is 2.58. The minimum Gasteiger partial charge on any atom is -0.454 e. The summed E-state index contributed by atoms with van der Waals surface area (Å²) in [5, 5.41) is 6.28. The van der Waals surface area contributed by atoms with Crippen molar-refractivity contribution in [3.05, 3.63) is 23.8 Å². The number of nitrogens with one attached hydrogen (secondary N) is 2. The molecular formula is C15H20N2O3. The molecule has 1 saturated heterocycles. The molecule has 3 rings (SSSR count). The lowest BCUT2D eigenvalue weighted by Gasteiger charge is -2.29. The molecule has 5 heteroatoms. The first-order chi connectivity index (χ1) is 9.75. The van der Waals surface area contributed by atoms with Crippen LogP contribution in [0.15, 0.2) is 18.2 Å². The van der Waals surface area contributed by atoms with Gasteiger partial charge in [-0.25, -0.2) is 0 Å². The maximum atomic E-state index is 12.2. The van der Waals surface area contributed by atoms with Gasteiger partial charge in [-0.2, -0.15) is 0 Å². The van der Waals surface area contributed by atoms with Gasteiger partial charge < -0.3 is 20.1 Å². The van der Waals surface area contributed by atoms with Crippen molar-refractivity contribution in [3.8, 4) is 11.5 Å². The molecular weight excluding hydrogens is 256 g/mol. The van der Waals surface area contributed by atoms with Crippen LogP contribution in [-0.2, 0) is 11.3 Å². The Bertz CT molecular complexity index is 504. The Kier molecular flexibility index (Phi) is 3.78. The predicted octanol–water partition coefficient (Wildman–Crippen LogP) is 1.42. The van der Waals surface area contributed by atoms with Gasteiger partial charge in [-0.05, 0) is 31.4 Å². The number of amides is 1. The van der Waals surface area contributed by atoms with Crippen LogP contribution >= 0.6 is 0 Å². The lowest BCUT2D eigenvalue weighted by atomic mass is 9.92. The number of carbonyl (C=O) groups is 1. The van der Waals surface area contributed by atoms with E-state index in [1.54, 1.807) is 0 Å². The van der Waals surface area contributed by atoms with E-state index in [0.29, 0.717) is 12.5 Å². The van der Waals surface area contributed by atoms with Crippen LogP contribution in [0.25, 0.3) is 0 Å². The average Bonchev–Trinajstić information content (AvgIpc) is 2.94. The van der Waals surface area contributed by atoms with Gasteiger partial charge in [0.15, 0.2) is 11.5 Å². The number of fused-ring (bicyclic) bond motifs is 1. The molecule has 2 heterocycles. The third-order valence-electron chi connectivity index (χ3n) is 3.98. The Balaban J connectivity index is 1.62. The van der Waals surface area contributed by atoms with Gasteiger partial charge in [0.25, 0.3) is 0 Å². The first kappa shape index (κ1) is 13.2. The molecule has 20 heavy (non-hydrogen) atoms. The highest BCUT2D eigenvalue weighted by molar-refractivity contribution is 5.82. The maximum Gasteiger partial charge on any atom is 0.237 e. The number of piperidine rings is 1. The van der Waals surface area contributed by atoms with Crippen molar-refractivity contribution < 1.29 is 14.3 Å². The molecule has 2 atom stereocenters. The molecule has 1 amide bonds. The normalized spacial score (nSPS) is 24.4. The van der Waals surface area contributed by atoms with Crippen molar-refractivity contribution in [1.82, 2.24) is 10.6 Å². The van der Waals surface area contributed by atoms with Gasteiger partial charge >= 0.3 is 0 Å². The average molecular weight is 276 g/mol. The van der Waals surface area contributed by atoms with E-state index in [0.717, 1.165) is 36.4 Å². The van der Waals surface area contributed by atoms with Crippen molar-refractivity contribution >= 4 is 5.91 Å². The highest BCUT2D eigenvalue weighted by Gasteiger charge is 2.27. The Morgan fingerprint density at radius 3 is 3.20 bits per heavy atom. The van der Waals surface area contributed by atoms with Crippen molar-refractivity contribution in [3.63, 3.8) is 0 Å². The van der Waals surface area contributed by atoms with Crippen LogP contribution in [0.4, 0.5) is 0 Å². The van der Waals surface area contributed by atoms with E-state index in [-0.39, 0.29) is 18.7 Å². The zero-order chi connectivity index (χ0) is 13.9. The zero-order valence-electron chi connectivity index (χ0n) is 11.6. The van der Waals surface area contributed by atoms with Gasteiger partial charge in [0.1, 0.15) is 0 Å². The quantitative estimate of drug-likeness (QED) is 0.876. The number of para-hydroxylation sites is 1. The van der Waals surface area contributed by atoms with E-state index in [4.69, 9.17) is 9.47 Å². The van der Waals surface area contributed by atoms with E-state index in [1.807, 2.05) is 18.2 Å². The van der Waals surface area contributed by atoms with Gasteiger partial charge in [-0.15, -0.1) is 0 Å². The number of hydrogen-bond acceptors (Lipinski definition) is 4. The molecule has 0 bridgehead atoms. The minimum atomic E-state index is -0.0855. The highest BCUT2D eigenvalue weighted by Crippen LogP contribution is 2.35. The Labute approximate surface area is 118 Å². The van der Waals surface area contributed by atoms with Crippen molar-refractivity contribution in [2.75, 3.05) is 13.3 Å². The number of benzene rings is 1. The molecule has 2 unspecified atom stereocenters. The van der Waals surface area contributed by atoms with Crippen molar-refractivity contribution in [2.24, 2.45) is 5.92 Å². The SMILES string of the molecule is CC1CCCNC1C(=O)NCc1cccc2c1OCO2. The predicted molar refractivity (Wildman–Crippen MR) is 74.6 cm³/mol. The maximum absolute atomic E-state index is 12.2. The van der Waals surface area contributed by atoms with Crippen LogP contribution < -0.4 is 20.1 Å². The van der Waals surface area contributed by atoms with Gasteiger partial charge in [0.05, 0.1) is 6.04 Å². The summed E-state index contributed by atoms with van der Waals surface area (Å²) >= 11 is 0. The lowest BCUT2D eigenvalue weighted by Crippen LogP contribution is -2.50. The Hall–Kier alpha value is -1.75. The summed E-state index contributed by atoms with van der Waals surface area (Å²) in [6.45, 7) is 3.76. The number of ether oxygens (including phenoxy) is 2. The molecule has 0 spiro atoms. The van der Waals surface area contributed by atoms with Crippen LogP contribution in [-0.4, -0.2) is 25.3 Å². The first-order valence-electron chi connectivity index (χ1n) is 7.14. The van der Waals surface area contributed by atoms with Crippen molar-refractivity contribution in [2.45, 2.75) is 32.4 Å². The summed E-state index contributed by atoms with van der Waals surface area (Å²) in [4.78, 5) is 12.2. The summed E-state index contributed by atoms with van der Waals surface area (Å²) in [5.41, 5.74) is 0.955. The smallest absolute Gasteiger partial charge is 0.237 e. The van der Waals surface area contributed by atoms with Crippen LogP contribution in [0.1, 0.15) is 25.3 Å². The van der Waals surface area contributed by atoms with Gasteiger partial charge in [0, 0.05) is 12.1 Å². The third-order valence-corrected chi connectivity index (χ3v) is 3.98. The summed E-state index contributed by atoms with van der Waals surface area (Å²) < 4.78 is 10.8. The molecule has 2 N–H and O–H groups in total. The summed E-state index contributed by atoms with van der Waals surface area (Å²) in [6, 6.07) is 5.65. The van der Waals surface area contributed by atoms with E-state index >= 15 is 0 Å². The monoisotopic (exact) mass is 276 g/mol. The Morgan fingerprint density at radius 1 is 1.45 bits per heavy atom. The van der Waals surface area contributed by atoms with Gasteiger partial charge in [0.2, 0.25) is 12.7 Å². The molecule has 1 aromatic carbocycles. The molecule has 0 radical (unpaired) electrons. The second kappa shape index (κ2) is 5.71. The van der Waals surface area contributed by atoms with E-state index in [2.05, 4.69) is 17.6 Å². The summed E-state index contributed by atoms with van der Waals surface area (Å²) in [6.07, 6.45) is 2.24. The molecule has 2 aliphatic heterocycles. The second-order valence-electron chi connectivity index (χ2n) is 5.42. The fourth-order valence-electron chi connectivity index (χ4n) is 2.82. The molecule has 1 aromatic rings. The molecule has 1 fully saturated rings. The molecule has 2 aliphatic rings. The van der Waals surface area contributed by atoms with E-state index < -0.39 is 0 Å². The number of carbonyl (C=O) groups excluding carboxylic acids is 1. The second-order valence-corrected chi connectivity index (χ2v) is 5.42. The minimum absolute atomic E-state index is 0.0636. The number of rotatable bonds is 3. The zero-order valence-corrected chi connectivity index (χ0v) is 11.6. The number of hydrogen-bond donors (Lipinski definition) is 2. The van der Waals surface area contributed by atoms with Crippen LogP contribution in [0.2, 0.25) is 0 Å². The largest absolute Gasteiger partial charge is 0.454 e. The molecule has 0 aliphatic carbocycles. The van der Waals surface area contributed by atoms with E-state index in [9.17, 15) is 4.79 Å². The van der Waals surface area contributed by atoms with Crippen molar-refractivity contribution in [1.29, 1.82) is 0 Å². The standard InChI is InChI=1S/C15H20N2O3/c1-10-4-3-7-16-13(10)15(18)17-8-11-5-2-6-12-14(11)20-9-19-12/h2,5-6,10,13,16H,3-4,7-9H2,1H3,(H,17,18). The molecule has 108 valence electrons. The first-order valence-corrected chi connectivity index (χ1v) is 7.14. The Morgan fingerprint density at radius 2 is 2.35 bits per heavy atom. The summed E-state index contributed by atoms with van der Waals surface area (Å²) in [7, 11) is 0. The van der Waals surface area contributed by atoms with Crippen LogP contribution in [0.5, 0.6) is 11.5 Å². The molecule has 0 aromatic heterocycles. The van der Waals surface area contributed by atoms with Gasteiger partial charge in [-0.1, -0.05) is 19.1 Å². The topological polar surface area (TPSA) is 59.6 Å². The molecule has 0 saturated carbocycles. The van der Waals surface area contributed by atoms with Gasteiger partial charge in [-0.3, -0.25) is 4.79 Å². The van der Waals surface area contributed by atoms with E-state index in [1.165, 1.54) is 0 Å².